The molecule has 0 aliphatic rings. The van der Waals surface area contributed by atoms with Crippen molar-refractivity contribution in [2.75, 3.05) is 13.7 Å². The topological polar surface area (TPSA) is 97.7 Å². The Kier molecular flexibility index (Phi) is 9.72. The number of methoxy groups -OCH3 is 1. The fourth-order valence-electron chi connectivity index (χ4n) is 2.72. The third-order valence-electron chi connectivity index (χ3n) is 4.26. The van der Waals surface area contributed by atoms with Crippen molar-refractivity contribution in [2.24, 2.45) is 0 Å². The van der Waals surface area contributed by atoms with Gasteiger partial charge in [-0.2, -0.15) is 5.26 Å². The molecule has 172 valence electrons. The zero-order valence-corrected chi connectivity index (χ0v) is 19.3. The van der Waals surface area contributed by atoms with Gasteiger partial charge in [-0.05, 0) is 67.8 Å². The zero-order valence-electron chi connectivity index (χ0n) is 19.3. The first-order chi connectivity index (χ1) is 15.9. The molecule has 7 heteroatoms. The third kappa shape index (κ3) is 8.19. The zero-order chi connectivity index (χ0) is 24.2. The number of rotatable bonds is 10. The molecule has 7 nitrogen and oxygen atoms in total. The van der Waals surface area contributed by atoms with Crippen LogP contribution >= 0.6 is 0 Å². The van der Waals surface area contributed by atoms with Crippen molar-refractivity contribution in [3.05, 3.63) is 65.2 Å². The number of nitriles is 1. The van der Waals surface area contributed by atoms with Gasteiger partial charge in [0.2, 0.25) is 0 Å². The molecule has 0 fully saturated rings. The van der Waals surface area contributed by atoms with Crippen LogP contribution in [-0.4, -0.2) is 31.6 Å². The van der Waals surface area contributed by atoms with Crippen LogP contribution in [0.15, 0.2) is 54.1 Å². The number of hydrogen-bond acceptors (Lipinski definition) is 6. The molecule has 2 rings (SSSR count). The fraction of sp³-hybridized carbons (Fsp3) is 0.269. The molecule has 0 radical (unpaired) electrons. The van der Waals surface area contributed by atoms with Gasteiger partial charge in [0.1, 0.15) is 17.4 Å². The van der Waals surface area contributed by atoms with Crippen molar-refractivity contribution < 1.29 is 23.8 Å². The first-order valence-corrected chi connectivity index (χ1v) is 10.6. The maximum atomic E-state index is 12.3. The first-order valence-electron chi connectivity index (χ1n) is 10.6. The second-order valence-corrected chi connectivity index (χ2v) is 7.38. The lowest BCUT2D eigenvalue weighted by Crippen LogP contribution is -2.30. The van der Waals surface area contributed by atoms with Gasteiger partial charge in [-0.25, -0.2) is 4.79 Å². The number of nitrogens with one attached hydrogen (secondary N) is 1. The normalized spacial score (nSPS) is 11.2. The summed E-state index contributed by atoms with van der Waals surface area (Å²) in [5.41, 5.74) is 1.35. The summed E-state index contributed by atoms with van der Waals surface area (Å²) in [4.78, 5) is 24.4. The van der Waals surface area contributed by atoms with Gasteiger partial charge in [-0.3, -0.25) is 4.79 Å². The lowest BCUT2D eigenvalue weighted by Gasteiger charge is -2.10. The van der Waals surface area contributed by atoms with Crippen LogP contribution in [-0.2, 0) is 9.59 Å². The highest BCUT2D eigenvalue weighted by molar-refractivity contribution is 6.01. The smallest absolute Gasteiger partial charge is 0.336 e. The Balaban J connectivity index is 2.09. The number of carbonyl (C=O) groups is 2. The van der Waals surface area contributed by atoms with Gasteiger partial charge in [0.05, 0.1) is 13.7 Å². The highest BCUT2D eigenvalue weighted by Crippen LogP contribution is 2.29. The summed E-state index contributed by atoms with van der Waals surface area (Å²) >= 11 is 0. The monoisotopic (exact) mass is 448 g/mol. The Hall–Kier alpha value is -4.05. The molecular weight excluding hydrogens is 420 g/mol. The van der Waals surface area contributed by atoms with E-state index in [4.69, 9.17) is 14.2 Å². The maximum Gasteiger partial charge on any atom is 0.336 e. The Morgan fingerprint density at radius 1 is 1.09 bits per heavy atom. The van der Waals surface area contributed by atoms with Gasteiger partial charge < -0.3 is 19.5 Å². The van der Waals surface area contributed by atoms with E-state index in [1.54, 1.807) is 24.3 Å². The molecule has 2 aromatic carbocycles. The second-order valence-electron chi connectivity index (χ2n) is 7.38. The Morgan fingerprint density at radius 2 is 1.79 bits per heavy atom. The quantitative estimate of drug-likeness (QED) is 0.248. The lowest BCUT2D eigenvalue weighted by molar-refractivity contribution is -0.129. The number of hydrogen-bond donors (Lipinski definition) is 1. The molecule has 0 saturated carbocycles. The van der Waals surface area contributed by atoms with E-state index in [1.807, 2.05) is 51.1 Å². The molecule has 1 amide bonds. The Bertz CT molecular complexity index is 1060. The minimum Gasteiger partial charge on any atom is -0.494 e. The van der Waals surface area contributed by atoms with Crippen LogP contribution in [0.1, 0.15) is 38.3 Å². The van der Waals surface area contributed by atoms with E-state index in [0.717, 1.165) is 17.7 Å². The van der Waals surface area contributed by atoms with Crippen molar-refractivity contribution in [3.63, 3.8) is 0 Å². The van der Waals surface area contributed by atoms with Crippen LogP contribution in [0.2, 0.25) is 0 Å². The summed E-state index contributed by atoms with van der Waals surface area (Å²) < 4.78 is 16.2. The van der Waals surface area contributed by atoms with Crippen LogP contribution in [0, 0.1) is 11.3 Å². The van der Waals surface area contributed by atoms with Gasteiger partial charge in [0.25, 0.3) is 5.91 Å². The van der Waals surface area contributed by atoms with E-state index in [1.165, 1.54) is 19.3 Å². The standard InChI is InChI=1S/C26H28N2O5/c1-5-14-32-22-10-6-19(7-11-22)9-13-25(29)33-23-12-8-20(16-24(23)31-4)15-21(17-27)26(30)28-18(2)3/h6-13,15-16,18H,5,14H2,1-4H3,(H,28,30)/b13-9+,21-15+. The lowest BCUT2D eigenvalue weighted by atomic mass is 10.1. The number of amides is 1. The van der Waals surface area contributed by atoms with Gasteiger partial charge in [0, 0.05) is 12.1 Å². The van der Waals surface area contributed by atoms with Crippen LogP contribution in [0.3, 0.4) is 0 Å². The molecule has 0 aliphatic heterocycles. The van der Waals surface area contributed by atoms with Crippen molar-refractivity contribution in [2.45, 2.75) is 33.2 Å². The summed E-state index contributed by atoms with van der Waals surface area (Å²) in [6, 6.07) is 13.9. The first kappa shape index (κ1) is 25.2. The summed E-state index contributed by atoms with van der Waals surface area (Å²) in [6.07, 6.45) is 5.34. The molecule has 1 N–H and O–H groups in total. The molecule has 0 aliphatic carbocycles. The van der Waals surface area contributed by atoms with Crippen LogP contribution in [0.25, 0.3) is 12.2 Å². The molecule has 0 atom stereocenters. The number of benzene rings is 2. The third-order valence-corrected chi connectivity index (χ3v) is 4.26. The number of nitrogens with zero attached hydrogens (tertiary/aromatic N) is 1. The molecule has 0 unspecified atom stereocenters. The summed E-state index contributed by atoms with van der Waals surface area (Å²) in [5.74, 6) is 0.257. The van der Waals surface area contributed by atoms with Gasteiger partial charge in [-0.15, -0.1) is 0 Å². The predicted molar refractivity (Wildman–Crippen MR) is 127 cm³/mol. The van der Waals surface area contributed by atoms with Crippen LogP contribution in [0.4, 0.5) is 0 Å². The Morgan fingerprint density at radius 3 is 2.39 bits per heavy atom. The van der Waals surface area contributed by atoms with Crippen LogP contribution in [0.5, 0.6) is 17.2 Å². The van der Waals surface area contributed by atoms with E-state index in [2.05, 4.69) is 5.32 Å². The van der Waals surface area contributed by atoms with Crippen molar-refractivity contribution >= 4 is 24.0 Å². The van der Waals surface area contributed by atoms with E-state index in [9.17, 15) is 14.9 Å². The second kappa shape index (κ2) is 12.7. The molecule has 2 aromatic rings. The van der Waals surface area contributed by atoms with E-state index < -0.39 is 11.9 Å². The molecule has 0 aromatic heterocycles. The molecule has 33 heavy (non-hydrogen) atoms. The average molecular weight is 449 g/mol. The molecule has 0 saturated heterocycles. The highest BCUT2D eigenvalue weighted by atomic mass is 16.6. The van der Waals surface area contributed by atoms with Crippen molar-refractivity contribution in [1.29, 1.82) is 5.26 Å². The summed E-state index contributed by atoms with van der Waals surface area (Å²) in [5, 5.41) is 12.0. The van der Waals surface area contributed by atoms with E-state index >= 15 is 0 Å². The molecule has 0 spiro atoms. The highest BCUT2D eigenvalue weighted by Gasteiger charge is 2.12. The number of carbonyl (C=O) groups excluding carboxylic acids is 2. The number of ether oxygens (including phenoxy) is 3. The predicted octanol–water partition coefficient (Wildman–Crippen LogP) is 4.53. The SMILES string of the molecule is CCCOc1ccc(/C=C/C(=O)Oc2ccc(/C=C(\C#N)C(=O)NC(C)C)cc2OC)cc1. The average Bonchev–Trinajstić information content (AvgIpc) is 2.80. The van der Waals surface area contributed by atoms with E-state index in [0.29, 0.717) is 17.9 Å². The largest absolute Gasteiger partial charge is 0.494 e. The van der Waals surface area contributed by atoms with Gasteiger partial charge in [0.15, 0.2) is 11.5 Å². The van der Waals surface area contributed by atoms with Gasteiger partial charge in [-0.1, -0.05) is 25.1 Å². The fourth-order valence-corrected chi connectivity index (χ4v) is 2.72. The molecular formula is C26H28N2O5. The minimum atomic E-state index is -0.572. The number of esters is 1. The van der Waals surface area contributed by atoms with Crippen LogP contribution < -0.4 is 19.5 Å². The summed E-state index contributed by atoms with van der Waals surface area (Å²) in [6.45, 7) is 6.31. The maximum absolute atomic E-state index is 12.3. The van der Waals surface area contributed by atoms with Crippen molar-refractivity contribution in [1.82, 2.24) is 5.32 Å². The minimum absolute atomic E-state index is 0.0375. The Labute approximate surface area is 194 Å². The molecule has 0 bridgehead atoms. The molecule has 0 heterocycles. The summed E-state index contributed by atoms with van der Waals surface area (Å²) in [7, 11) is 1.44. The van der Waals surface area contributed by atoms with E-state index in [-0.39, 0.29) is 17.4 Å². The van der Waals surface area contributed by atoms with Crippen molar-refractivity contribution in [3.8, 4) is 23.3 Å². The van der Waals surface area contributed by atoms with Gasteiger partial charge >= 0.3 is 5.97 Å².